The molecule has 1 N–H and O–H groups in total. The van der Waals surface area contributed by atoms with Gasteiger partial charge in [0.25, 0.3) is 0 Å². The zero-order valence-corrected chi connectivity index (χ0v) is 12.7. The van der Waals surface area contributed by atoms with E-state index in [1.165, 1.54) is 45.1 Å². The van der Waals surface area contributed by atoms with Crippen LogP contribution in [0, 0.1) is 17.3 Å². The first-order valence-electron chi connectivity index (χ1n) is 7.62. The molecule has 2 atom stereocenters. The Morgan fingerprint density at radius 1 is 1.06 bits per heavy atom. The van der Waals surface area contributed by atoms with E-state index in [1.54, 1.807) is 0 Å². The van der Waals surface area contributed by atoms with Crippen molar-refractivity contribution in [1.29, 1.82) is 0 Å². The predicted octanol–water partition coefficient (Wildman–Crippen LogP) is 4.62. The summed E-state index contributed by atoms with van der Waals surface area (Å²) in [6.07, 6.45) is 8.40. The molecule has 1 nitrogen and oxygen atoms in total. The molecule has 0 spiro atoms. The van der Waals surface area contributed by atoms with Crippen LogP contribution in [0.2, 0.25) is 0 Å². The quantitative estimate of drug-likeness (QED) is 0.706. The number of hydrogen-bond acceptors (Lipinski definition) is 1. The molecule has 1 aliphatic carbocycles. The summed E-state index contributed by atoms with van der Waals surface area (Å²) in [6.45, 7) is 13.0. The average Bonchev–Trinajstić information content (AvgIpc) is 2.41. The second kappa shape index (κ2) is 6.78. The second-order valence-electron chi connectivity index (χ2n) is 7.47. The van der Waals surface area contributed by atoms with E-state index in [0.29, 0.717) is 5.41 Å². The largest absolute Gasteiger partial charge is 0.314 e. The molecule has 0 saturated heterocycles. The smallest absolute Gasteiger partial charge is 0.00671 e. The van der Waals surface area contributed by atoms with Gasteiger partial charge in [0.05, 0.1) is 0 Å². The highest BCUT2D eigenvalue weighted by Crippen LogP contribution is 2.29. The van der Waals surface area contributed by atoms with Crippen LogP contribution in [-0.2, 0) is 0 Å². The first-order chi connectivity index (χ1) is 7.88. The molecule has 0 aliphatic heterocycles. The number of rotatable bonds is 4. The highest BCUT2D eigenvalue weighted by atomic mass is 14.9. The van der Waals surface area contributed by atoms with Gasteiger partial charge in [0.2, 0.25) is 0 Å². The van der Waals surface area contributed by atoms with Crippen LogP contribution in [0.5, 0.6) is 0 Å². The molecular formula is C16H33N. The van der Waals surface area contributed by atoms with E-state index in [-0.39, 0.29) is 0 Å². The van der Waals surface area contributed by atoms with Crippen LogP contribution in [0.4, 0.5) is 0 Å². The Bertz CT molecular complexity index is 202. The van der Waals surface area contributed by atoms with Crippen LogP contribution in [0.15, 0.2) is 0 Å². The maximum atomic E-state index is 3.78. The fourth-order valence-corrected chi connectivity index (χ4v) is 2.85. The third kappa shape index (κ3) is 6.45. The van der Waals surface area contributed by atoms with Gasteiger partial charge >= 0.3 is 0 Å². The van der Waals surface area contributed by atoms with Crippen LogP contribution in [-0.4, -0.2) is 12.6 Å². The first-order valence-corrected chi connectivity index (χ1v) is 7.62. The molecular weight excluding hydrogens is 206 g/mol. The number of hydrogen-bond donors (Lipinski definition) is 1. The Hall–Kier alpha value is -0.0400. The minimum atomic E-state index is 0.470. The number of nitrogens with one attached hydrogen (secondary N) is 1. The lowest BCUT2D eigenvalue weighted by atomic mass is 9.89. The molecule has 102 valence electrons. The molecule has 1 rings (SSSR count). The molecule has 2 unspecified atom stereocenters. The predicted molar refractivity (Wildman–Crippen MR) is 77.3 cm³/mol. The molecule has 0 radical (unpaired) electrons. The summed E-state index contributed by atoms with van der Waals surface area (Å²) < 4.78 is 0. The van der Waals surface area contributed by atoms with Crippen molar-refractivity contribution in [2.75, 3.05) is 6.54 Å². The molecule has 0 aromatic heterocycles. The van der Waals surface area contributed by atoms with E-state index in [9.17, 15) is 0 Å². The maximum absolute atomic E-state index is 3.78. The zero-order chi connectivity index (χ0) is 12.9. The van der Waals surface area contributed by atoms with Gasteiger partial charge in [-0.05, 0) is 49.5 Å². The SMILES string of the molecule is CC(C)C1CCCC(NCCC(C)(C)C)CC1. The summed E-state index contributed by atoms with van der Waals surface area (Å²) in [5, 5.41) is 3.78. The van der Waals surface area contributed by atoms with Crippen molar-refractivity contribution in [3.05, 3.63) is 0 Å². The fourth-order valence-electron chi connectivity index (χ4n) is 2.85. The highest BCUT2D eigenvalue weighted by molar-refractivity contribution is 4.77. The van der Waals surface area contributed by atoms with Gasteiger partial charge in [-0.25, -0.2) is 0 Å². The molecule has 0 amide bonds. The van der Waals surface area contributed by atoms with Crippen LogP contribution < -0.4 is 5.32 Å². The third-order valence-electron chi connectivity index (χ3n) is 4.26. The van der Waals surface area contributed by atoms with E-state index in [1.807, 2.05) is 0 Å². The molecule has 1 aliphatic rings. The van der Waals surface area contributed by atoms with Gasteiger partial charge in [0.1, 0.15) is 0 Å². The lowest BCUT2D eigenvalue weighted by Crippen LogP contribution is -2.31. The third-order valence-corrected chi connectivity index (χ3v) is 4.26. The van der Waals surface area contributed by atoms with Crippen LogP contribution >= 0.6 is 0 Å². The topological polar surface area (TPSA) is 12.0 Å². The van der Waals surface area contributed by atoms with E-state index in [0.717, 1.165) is 17.9 Å². The second-order valence-corrected chi connectivity index (χ2v) is 7.47. The Morgan fingerprint density at radius 2 is 1.76 bits per heavy atom. The normalized spacial score (nSPS) is 27.2. The van der Waals surface area contributed by atoms with E-state index in [4.69, 9.17) is 0 Å². The van der Waals surface area contributed by atoms with Crippen molar-refractivity contribution in [3.63, 3.8) is 0 Å². The Balaban J connectivity index is 2.23. The van der Waals surface area contributed by atoms with Gasteiger partial charge in [0.15, 0.2) is 0 Å². The molecule has 1 heteroatoms. The summed E-state index contributed by atoms with van der Waals surface area (Å²) in [5.41, 5.74) is 0.470. The van der Waals surface area contributed by atoms with Gasteiger partial charge in [-0.15, -0.1) is 0 Å². The first kappa shape index (κ1) is 15.0. The molecule has 0 bridgehead atoms. The van der Waals surface area contributed by atoms with E-state index in [2.05, 4.69) is 39.9 Å². The minimum absolute atomic E-state index is 0.470. The van der Waals surface area contributed by atoms with Gasteiger partial charge in [-0.3, -0.25) is 0 Å². The summed E-state index contributed by atoms with van der Waals surface area (Å²) >= 11 is 0. The Labute approximate surface area is 109 Å². The highest BCUT2D eigenvalue weighted by Gasteiger charge is 2.21. The zero-order valence-electron chi connectivity index (χ0n) is 12.7. The Morgan fingerprint density at radius 3 is 2.35 bits per heavy atom. The van der Waals surface area contributed by atoms with Crippen molar-refractivity contribution >= 4 is 0 Å². The van der Waals surface area contributed by atoms with Crippen LogP contribution in [0.25, 0.3) is 0 Å². The van der Waals surface area contributed by atoms with Gasteiger partial charge in [0, 0.05) is 6.04 Å². The molecule has 0 aromatic rings. The van der Waals surface area contributed by atoms with Crippen molar-refractivity contribution < 1.29 is 0 Å². The maximum Gasteiger partial charge on any atom is 0.00671 e. The average molecular weight is 239 g/mol. The molecule has 0 aromatic carbocycles. The minimum Gasteiger partial charge on any atom is -0.314 e. The Kier molecular flexibility index (Phi) is 5.99. The van der Waals surface area contributed by atoms with Crippen LogP contribution in [0.1, 0.15) is 73.1 Å². The van der Waals surface area contributed by atoms with Crippen molar-refractivity contribution in [3.8, 4) is 0 Å². The lowest BCUT2D eigenvalue weighted by molar-refractivity contribution is 0.329. The van der Waals surface area contributed by atoms with Gasteiger partial charge in [-0.1, -0.05) is 47.5 Å². The molecule has 0 heterocycles. The van der Waals surface area contributed by atoms with Gasteiger partial charge in [-0.2, -0.15) is 0 Å². The lowest BCUT2D eigenvalue weighted by Gasteiger charge is -2.22. The summed E-state index contributed by atoms with van der Waals surface area (Å²) in [7, 11) is 0. The summed E-state index contributed by atoms with van der Waals surface area (Å²) in [6, 6.07) is 0.793. The van der Waals surface area contributed by atoms with Crippen molar-refractivity contribution in [2.45, 2.75) is 79.2 Å². The van der Waals surface area contributed by atoms with Crippen molar-refractivity contribution in [1.82, 2.24) is 5.32 Å². The van der Waals surface area contributed by atoms with Crippen molar-refractivity contribution in [2.24, 2.45) is 17.3 Å². The van der Waals surface area contributed by atoms with Gasteiger partial charge < -0.3 is 5.32 Å². The van der Waals surface area contributed by atoms with E-state index < -0.39 is 0 Å². The molecule has 17 heavy (non-hydrogen) atoms. The fraction of sp³-hybridized carbons (Fsp3) is 1.00. The molecule has 1 saturated carbocycles. The summed E-state index contributed by atoms with van der Waals surface area (Å²) in [4.78, 5) is 0. The standard InChI is InChI=1S/C16H33N/c1-13(2)14-7-6-8-15(10-9-14)17-12-11-16(3,4)5/h13-15,17H,6-12H2,1-5H3. The van der Waals surface area contributed by atoms with Crippen LogP contribution in [0.3, 0.4) is 0 Å². The monoisotopic (exact) mass is 239 g/mol. The summed E-state index contributed by atoms with van der Waals surface area (Å²) in [5.74, 6) is 1.85. The van der Waals surface area contributed by atoms with E-state index >= 15 is 0 Å². The molecule has 1 fully saturated rings.